The van der Waals surface area contributed by atoms with Gasteiger partial charge < -0.3 is 9.30 Å². The highest BCUT2D eigenvalue weighted by molar-refractivity contribution is 7.92. The molecular weight excluding hydrogens is 595 g/mol. The van der Waals surface area contributed by atoms with Gasteiger partial charge in [-0.1, -0.05) is 53.0 Å². The number of hydrogen-bond acceptors (Lipinski definition) is 5. The second-order valence-electron chi connectivity index (χ2n) is 8.72. The number of benzene rings is 3. The lowest BCUT2D eigenvalue weighted by atomic mass is 10.2. The number of rotatable bonds is 9. The fourth-order valence-electron chi connectivity index (χ4n) is 4.20. The van der Waals surface area contributed by atoms with E-state index in [0.717, 1.165) is 26.9 Å². The zero-order valence-electron chi connectivity index (χ0n) is 21.7. The van der Waals surface area contributed by atoms with Gasteiger partial charge in [0.1, 0.15) is 12.3 Å². The third kappa shape index (κ3) is 6.45. The number of nitrogens with one attached hydrogen (secondary N) is 1. The van der Waals surface area contributed by atoms with E-state index in [1.807, 2.05) is 24.5 Å². The molecule has 1 heterocycles. The van der Waals surface area contributed by atoms with E-state index < -0.39 is 22.5 Å². The zero-order valence-corrected chi connectivity index (χ0v) is 24.8. The van der Waals surface area contributed by atoms with Gasteiger partial charge in [-0.25, -0.2) is 13.8 Å². The van der Waals surface area contributed by atoms with Crippen molar-refractivity contribution in [2.24, 2.45) is 5.10 Å². The van der Waals surface area contributed by atoms with E-state index in [4.69, 9.17) is 39.5 Å². The standard InChI is InChI=1S/C28H25Cl3N4O4S/c1-18-11-20(19(2)35(18)24-13-22(30)12-23(31)14-24)16-32-33-28(36)17-34(26-15-21(29)9-10-27(26)39-3)40(37,38)25-7-5-4-6-8-25/h4-16H,17H2,1-3H3,(H,33,36)/b32-16+. The molecular formula is C28H25Cl3N4O4S. The first kappa shape index (κ1) is 29.5. The number of amides is 1. The number of anilines is 1. The van der Waals surface area contributed by atoms with E-state index in [1.54, 1.807) is 42.5 Å². The Morgan fingerprint density at radius 1 is 0.975 bits per heavy atom. The molecule has 40 heavy (non-hydrogen) atoms. The van der Waals surface area contributed by atoms with Crippen molar-refractivity contribution >= 4 is 62.6 Å². The Morgan fingerprint density at radius 3 is 2.30 bits per heavy atom. The monoisotopic (exact) mass is 618 g/mol. The third-order valence-electron chi connectivity index (χ3n) is 6.00. The molecule has 0 unspecified atom stereocenters. The Balaban J connectivity index is 1.60. The van der Waals surface area contributed by atoms with Crippen LogP contribution in [0.15, 0.2) is 82.8 Å². The first-order chi connectivity index (χ1) is 19.0. The maximum atomic E-state index is 13.6. The van der Waals surface area contributed by atoms with Crippen molar-refractivity contribution in [1.82, 2.24) is 9.99 Å². The zero-order chi connectivity index (χ0) is 29.0. The number of nitrogens with zero attached hydrogens (tertiary/aromatic N) is 3. The number of carbonyl (C=O) groups excluding carboxylic acids is 1. The van der Waals surface area contributed by atoms with Gasteiger partial charge in [0.05, 0.1) is 23.9 Å². The average Bonchev–Trinajstić information content (AvgIpc) is 3.19. The smallest absolute Gasteiger partial charge is 0.264 e. The van der Waals surface area contributed by atoms with Gasteiger partial charge in [0, 0.05) is 37.7 Å². The van der Waals surface area contributed by atoms with Crippen LogP contribution < -0.4 is 14.5 Å². The molecule has 12 heteroatoms. The Bertz CT molecular complexity index is 1670. The second kappa shape index (κ2) is 12.3. The van der Waals surface area contributed by atoms with Crippen LogP contribution in [0.2, 0.25) is 15.1 Å². The molecule has 1 N–H and O–H groups in total. The van der Waals surface area contributed by atoms with Crippen LogP contribution in [0.4, 0.5) is 5.69 Å². The van der Waals surface area contributed by atoms with Crippen LogP contribution in [0.1, 0.15) is 17.0 Å². The van der Waals surface area contributed by atoms with Crippen LogP contribution in [-0.2, 0) is 14.8 Å². The summed E-state index contributed by atoms with van der Waals surface area (Å²) in [5.41, 5.74) is 5.79. The molecule has 0 saturated heterocycles. The van der Waals surface area contributed by atoms with Gasteiger partial charge >= 0.3 is 0 Å². The number of ether oxygens (including phenoxy) is 1. The molecule has 1 aromatic heterocycles. The SMILES string of the molecule is COc1ccc(Cl)cc1N(CC(=O)N/N=C/c1cc(C)n(-c2cc(Cl)cc(Cl)c2)c1C)S(=O)(=O)c1ccccc1. The number of aromatic nitrogens is 1. The van der Waals surface area contributed by atoms with E-state index in [2.05, 4.69) is 10.5 Å². The molecule has 3 aromatic carbocycles. The lowest BCUT2D eigenvalue weighted by Gasteiger charge is -2.25. The molecule has 8 nitrogen and oxygen atoms in total. The van der Waals surface area contributed by atoms with Crippen LogP contribution in [0, 0.1) is 13.8 Å². The summed E-state index contributed by atoms with van der Waals surface area (Å²) >= 11 is 18.5. The molecule has 0 fully saturated rings. The Morgan fingerprint density at radius 2 is 1.65 bits per heavy atom. The Kier molecular flexibility index (Phi) is 9.10. The number of methoxy groups -OCH3 is 1. The van der Waals surface area contributed by atoms with E-state index >= 15 is 0 Å². The maximum Gasteiger partial charge on any atom is 0.264 e. The number of aryl methyl sites for hydroxylation is 1. The highest BCUT2D eigenvalue weighted by Crippen LogP contribution is 2.34. The molecule has 208 valence electrons. The van der Waals surface area contributed by atoms with Gasteiger partial charge in [0.2, 0.25) is 0 Å². The summed E-state index contributed by atoms with van der Waals surface area (Å²) < 4.78 is 35.5. The minimum Gasteiger partial charge on any atom is -0.495 e. The van der Waals surface area contributed by atoms with E-state index in [-0.39, 0.29) is 21.4 Å². The van der Waals surface area contributed by atoms with Crippen molar-refractivity contribution < 1.29 is 17.9 Å². The highest BCUT2D eigenvalue weighted by atomic mass is 35.5. The van der Waals surface area contributed by atoms with Gasteiger partial charge in [-0.3, -0.25) is 9.10 Å². The summed E-state index contributed by atoms with van der Waals surface area (Å²) in [4.78, 5) is 13.0. The minimum atomic E-state index is -4.17. The lowest BCUT2D eigenvalue weighted by Crippen LogP contribution is -2.39. The van der Waals surface area contributed by atoms with E-state index in [9.17, 15) is 13.2 Å². The first-order valence-corrected chi connectivity index (χ1v) is 14.5. The van der Waals surface area contributed by atoms with Crippen molar-refractivity contribution in [3.05, 3.63) is 105 Å². The molecule has 0 atom stereocenters. The summed E-state index contributed by atoms with van der Waals surface area (Å²) in [5, 5.41) is 5.36. The van der Waals surface area contributed by atoms with Crippen molar-refractivity contribution in [1.29, 1.82) is 0 Å². The number of hydrazone groups is 1. The predicted molar refractivity (Wildman–Crippen MR) is 160 cm³/mol. The van der Waals surface area contributed by atoms with Crippen molar-refractivity contribution in [3.63, 3.8) is 0 Å². The molecule has 0 aliphatic heterocycles. The molecule has 0 saturated carbocycles. The van der Waals surface area contributed by atoms with Crippen LogP contribution in [0.5, 0.6) is 5.75 Å². The second-order valence-corrected chi connectivity index (χ2v) is 11.9. The molecule has 0 aliphatic rings. The van der Waals surface area contributed by atoms with E-state index in [0.29, 0.717) is 10.0 Å². The summed E-state index contributed by atoms with van der Waals surface area (Å²) in [6.07, 6.45) is 1.49. The fourth-order valence-corrected chi connectivity index (χ4v) is 6.33. The van der Waals surface area contributed by atoms with Crippen molar-refractivity contribution in [3.8, 4) is 11.4 Å². The molecule has 0 aliphatic carbocycles. The van der Waals surface area contributed by atoms with Crippen LogP contribution in [0.25, 0.3) is 5.69 Å². The Labute approximate surface area is 247 Å². The van der Waals surface area contributed by atoms with E-state index in [1.165, 1.54) is 37.6 Å². The summed E-state index contributed by atoms with van der Waals surface area (Å²) in [7, 11) is -2.76. The quantitative estimate of drug-likeness (QED) is 0.173. The fraction of sp³-hybridized carbons (Fsp3) is 0.143. The molecule has 0 bridgehead atoms. The van der Waals surface area contributed by atoms with Crippen molar-refractivity contribution in [2.45, 2.75) is 18.7 Å². The van der Waals surface area contributed by atoms with Gasteiger partial charge in [-0.15, -0.1) is 0 Å². The topological polar surface area (TPSA) is 93.0 Å². The summed E-state index contributed by atoms with van der Waals surface area (Å²) in [6.45, 7) is 3.23. The molecule has 0 spiro atoms. The van der Waals surface area contributed by atoms with Gasteiger partial charge in [0.15, 0.2) is 0 Å². The first-order valence-electron chi connectivity index (χ1n) is 11.9. The molecule has 0 radical (unpaired) electrons. The lowest BCUT2D eigenvalue weighted by molar-refractivity contribution is -0.119. The highest BCUT2D eigenvalue weighted by Gasteiger charge is 2.29. The molecule has 4 rings (SSSR count). The summed E-state index contributed by atoms with van der Waals surface area (Å²) in [5.74, 6) is -0.443. The largest absolute Gasteiger partial charge is 0.495 e. The van der Waals surface area contributed by atoms with Crippen molar-refractivity contribution in [2.75, 3.05) is 18.0 Å². The Hall–Kier alpha value is -3.50. The number of hydrogen-bond donors (Lipinski definition) is 1. The van der Waals surface area contributed by atoms with Crippen LogP contribution in [-0.4, -0.2) is 38.8 Å². The normalized spacial score (nSPS) is 11.6. The molecule has 4 aromatic rings. The minimum absolute atomic E-state index is 0.00175. The summed E-state index contributed by atoms with van der Waals surface area (Å²) in [6, 6.07) is 19.4. The van der Waals surface area contributed by atoms with Gasteiger partial charge in [0.25, 0.3) is 15.9 Å². The maximum absolute atomic E-state index is 13.6. The van der Waals surface area contributed by atoms with Gasteiger partial charge in [-0.05, 0) is 68.4 Å². The predicted octanol–water partition coefficient (Wildman–Crippen LogP) is 6.41. The molecule has 1 amide bonds. The number of carbonyl (C=O) groups is 1. The van der Waals surface area contributed by atoms with Gasteiger partial charge in [-0.2, -0.15) is 5.10 Å². The van der Waals surface area contributed by atoms with Crippen LogP contribution >= 0.6 is 34.8 Å². The third-order valence-corrected chi connectivity index (χ3v) is 8.44. The van der Waals surface area contributed by atoms with Crippen LogP contribution in [0.3, 0.4) is 0 Å². The average molecular weight is 620 g/mol. The number of halogens is 3. The number of sulfonamides is 1.